The second-order valence-corrected chi connectivity index (χ2v) is 5.16. The first-order valence-corrected chi connectivity index (χ1v) is 6.14. The van der Waals surface area contributed by atoms with Gasteiger partial charge in [0.25, 0.3) is 0 Å². The lowest BCUT2D eigenvalue weighted by Crippen LogP contribution is -2.32. The van der Waals surface area contributed by atoms with Gasteiger partial charge in [-0.15, -0.1) is 5.10 Å². The van der Waals surface area contributed by atoms with Crippen molar-refractivity contribution in [2.24, 2.45) is 0 Å². The maximum absolute atomic E-state index is 9.06. The van der Waals surface area contributed by atoms with Crippen molar-refractivity contribution in [3.63, 3.8) is 0 Å². The Morgan fingerprint density at radius 1 is 1.17 bits per heavy atom. The number of nitrogens with zero attached hydrogens (tertiary/aromatic N) is 2. The topological polar surface area (TPSA) is 58.0 Å². The predicted molar refractivity (Wildman–Crippen MR) is 73.7 cm³/mol. The van der Waals surface area contributed by atoms with E-state index in [1.54, 1.807) is 0 Å². The summed E-state index contributed by atoms with van der Waals surface area (Å²) < 4.78 is 0. The first kappa shape index (κ1) is 12.8. The van der Waals surface area contributed by atoms with E-state index in [1.807, 2.05) is 45.0 Å². The Kier molecular flexibility index (Phi) is 3.48. The summed E-state index contributed by atoms with van der Waals surface area (Å²) >= 11 is 0. The van der Waals surface area contributed by atoms with E-state index in [9.17, 15) is 0 Å². The predicted octanol–water partition coefficient (Wildman–Crippen LogP) is 2.51. The summed E-state index contributed by atoms with van der Waals surface area (Å²) in [5.41, 5.74) is 0.720. The lowest BCUT2D eigenvalue weighted by Gasteiger charge is -2.26. The Balaban J connectivity index is 2.43. The smallest absolute Gasteiger partial charge is 0.157 e. The standard InChI is InChI=1S/C14H19N3O/c1-10-11-6-4-5-7-12(11)13(17-16-10)15-14(2,3)8-9-18/h4-7,18H,8-9H2,1-3H3,(H,15,17). The van der Waals surface area contributed by atoms with Crippen LogP contribution in [-0.2, 0) is 0 Å². The monoisotopic (exact) mass is 245 g/mol. The van der Waals surface area contributed by atoms with Crippen LogP contribution in [0.1, 0.15) is 26.0 Å². The molecule has 0 spiro atoms. The van der Waals surface area contributed by atoms with Crippen LogP contribution in [0.15, 0.2) is 24.3 Å². The van der Waals surface area contributed by atoms with E-state index in [0.29, 0.717) is 6.42 Å². The van der Waals surface area contributed by atoms with Gasteiger partial charge >= 0.3 is 0 Å². The molecule has 0 amide bonds. The van der Waals surface area contributed by atoms with Crippen LogP contribution in [0.2, 0.25) is 0 Å². The van der Waals surface area contributed by atoms with Crippen molar-refractivity contribution in [1.29, 1.82) is 0 Å². The molecule has 18 heavy (non-hydrogen) atoms. The fraction of sp³-hybridized carbons (Fsp3) is 0.429. The van der Waals surface area contributed by atoms with Crippen molar-refractivity contribution in [3.8, 4) is 0 Å². The molecular formula is C14H19N3O. The summed E-state index contributed by atoms with van der Waals surface area (Å²) in [5, 5.41) is 23.0. The Hall–Kier alpha value is -1.68. The highest BCUT2D eigenvalue weighted by Crippen LogP contribution is 2.25. The van der Waals surface area contributed by atoms with Crippen LogP contribution in [0.5, 0.6) is 0 Å². The molecule has 1 heterocycles. The summed E-state index contributed by atoms with van der Waals surface area (Å²) in [4.78, 5) is 0. The minimum atomic E-state index is -0.207. The molecule has 4 heteroatoms. The number of aryl methyl sites for hydroxylation is 1. The number of rotatable bonds is 4. The number of fused-ring (bicyclic) bond motifs is 1. The Bertz CT molecular complexity index is 552. The van der Waals surface area contributed by atoms with Crippen LogP contribution in [0.4, 0.5) is 5.82 Å². The van der Waals surface area contributed by atoms with Crippen LogP contribution in [0.25, 0.3) is 10.8 Å². The second kappa shape index (κ2) is 4.90. The van der Waals surface area contributed by atoms with Crippen molar-refractivity contribution in [2.45, 2.75) is 32.7 Å². The van der Waals surface area contributed by atoms with Crippen LogP contribution in [0.3, 0.4) is 0 Å². The molecular weight excluding hydrogens is 226 g/mol. The molecule has 0 fully saturated rings. The average Bonchev–Trinajstić information content (AvgIpc) is 2.33. The molecule has 0 aliphatic rings. The van der Waals surface area contributed by atoms with Gasteiger partial charge in [-0.3, -0.25) is 0 Å². The Labute approximate surface area is 107 Å². The quantitative estimate of drug-likeness (QED) is 0.869. The third kappa shape index (κ3) is 2.59. The van der Waals surface area contributed by atoms with Gasteiger partial charge in [-0.05, 0) is 27.2 Å². The first-order valence-electron chi connectivity index (χ1n) is 6.14. The molecule has 0 aliphatic heterocycles. The van der Waals surface area contributed by atoms with Gasteiger partial charge in [0.2, 0.25) is 0 Å². The fourth-order valence-corrected chi connectivity index (χ4v) is 1.99. The van der Waals surface area contributed by atoms with Gasteiger partial charge in [0.15, 0.2) is 5.82 Å². The first-order chi connectivity index (χ1) is 8.53. The lowest BCUT2D eigenvalue weighted by atomic mass is 10.0. The van der Waals surface area contributed by atoms with Gasteiger partial charge in [-0.25, -0.2) is 0 Å². The minimum Gasteiger partial charge on any atom is -0.396 e. The zero-order valence-corrected chi connectivity index (χ0v) is 11.1. The number of aliphatic hydroxyl groups excluding tert-OH is 1. The van der Waals surface area contributed by atoms with Gasteiger partial charge in [-0.2, -0.15) is 5.10 Å². The maximum Gasteiger partial charge on any atom is 0.157 e. The van der Waals surface area contributed by atoms with Crippen LogP contribution >= 0.6 is 0 Å². The van der Waals surface area contributed by atoms with E-state index >= 15 is 0 Å². The molecule has 0 unspecified atom stereocenters. The van der Waals surface area contributed by atoms with Crippen molar-refractivity contribution >= 4 is 16.6 Å². The largest absolute Gasteiger partial charge is 0.396 e. The van der Waals surface area contributed by atoms with Gasteiger partial charge < -0.3 is 10.4 Å². The van der Waals surface area contributed by atoms with Crippen LogP contribution < -0.4 is 5.32 Å². The van der Waals surface area contributed by atoms with E-state index < -0.39 is 0 Å². The number of aromatic nitrogens is 2. The SMILES string of the molecule is Cc1nnc(NC(C)(C)CCO)c2ccccc12. The lowest BCUT2D eigenvalue weighted by molar-refractivity contribution is 0.260. The molecule has 1 aromatic heterocycles. The maximum atomic E-state index is 9.06. The molecule has 0 atom stereocenters. The van der Waals surface area contributed by atoms with Crippen LogP contribution in [0, 0.1) is 6.92 Å². The average molecular weight is 245 g/mol. The highest BCUT2D eigenvalue weighted by molar-refractivity contribution is 5.93. The van der Waals surface area contributed by atoms with Crippen LogP contribution in [-0.4, -0.2) is 27.4 Å². The molecule has 96 valence electrons. The fourth-order valence-electron chi connectivity index (χ4n) is 1.99. The third-order valence-electron chi connectivity index (χ3n) is 3.07. The van der Waals surface area contributed by atoms with Gasteiger partial charge in [0.05, 0.1) is 5.69 Å². The molecule has 4 nitrogen and oxygen atoms in total. The third-order valence-corrected chi connectivity index (χ3v) is 3.07. The van der Waals surface area contributed by atoms with E-state index in [-0.39, 0.29) is 12.1 Å². The molecule has 0 aliphatic carbocycles. The van der Waals surface area contributed by atoms with Crippen molar-refractivity contribution in [1.82, 2.24) is 10.2 Å². The summed E-state index contributed by atoms with van der Waals surface area (Å²) in [6, 6.07) is 8.07. The number of hydrogen-bond donors (Lipinski definition) is 2. The number of nitrogens with one attached hydrogen (secondary N) is 1. The number of anilines is 1. The summed E-state index contributed by atoms with van der Waals surface area (Å²) in [6.45, 7) is 6.19. The van der Waals surface area contributed by atoms with E-state index in [2.05, 4.69) is 15.5 Å². The summed E-state index contributed by atoms with van der Waals surface area (Å²) in [5.74, 6) is 0.773. The van der Waals surface area contributed by atoms with E-state index in [1.165, 1.54) is 0 Å². The summed E-state index contributed by atoms with van der Waals surface area (Å²) in [7, 11) is 0. The number of hydrogen-bond acceptors (Lipinski definition) is 4. The molecule has 1 aromatic carbocycles. The van der Waals surface area contributed by atoms with Gasteiger partial charge in [-0.1, -0.05) is 24.3 Å². The van der Waals surface area contributed by atoms with Gasteiger partial charge in [0.1, 0.15) is 0 Å². The van der Waals surface area contributed by atoms with E-state index in [0.717, 1.165) is 22.3 Å². The molecule has 2 aromatic rings. The molecule has 2 rings (SSSR count). The molecule has 0 bridgehead atoms. The second-order valence-electron chi connectivity index (χ2n) is 5.16. The van der Waals surface area contributed by atoms with Crippen molar-refractivity contribution in [2.75, 3.05) is 11.9 Å². The Morgan fingerprint density at radius 2 is 1.83 bits per heavy atom. The zero-order valence-electron chi connectivity index (χ0n) is 11.1. The number of aliphatic hydroxyl groups is 1. The highest BCUT2D eigenvalue weighted by Gasteiger charge is 2.19. The zero-order chi connectivity index (χ0) is 13.2. The highest BCUT2D eigenvalue weighted by atomic mass is 16.3. The van der Waals surface area contributed by atoms with E-state index in [4.69, 9.17) is 5.11 Å². The molecule has 0 saturated heterocycles. The Morgan fingerprint density at radius 3 is 2.50 bits per heavy atom. The molecule has 0 saturated carbocycles. The summed E-state index contributed by atoms with van der Waals surface area (Å²) in [6.07, 6.45) is 0.664. The molecule has 0 radical (unpaired) electrons. The van der Waals surface area contributed by atoms with Gasteiger partial charge in [0, 0.05) is 22.9 Å². The molecule has 2 N–H and O–H groups in total. The van der Waals surface area contributed by atoms with Crippen molar-refractivity contribution < 1.29 is 5.11 Å². The number of benzene rings is 1. The van der Waals surface area contributed by atoms with Crippen molar-refractivity contribution in [3.05, 3.63) is 30.0 Å². The normalized spacial score (nSPS) is 11.8. The minimum absolute atomic E-state index is 0.150.